The number of carbonyl (C=O) groups excluding carboxylic acids is 1. The largest absolute Gasteiger partial charge is 0.394 e. The third kappa shape index (κ3) is 32.2. The van der Waals surface area contributed by atoms with Gasteiger partial charge in [-0.2, -0.15) is 0 Å². The molecule has 0 spiro atoms. The van der Waals surface area contributed by atoms with Gasteiger partial charge in [-0.15, -0.1) is 0 Å². The van der Waals surface area contributed by atoms with Gasteiger partial charge >= 0.3 is 0 Å². The van der Waals surface area contributed by atoms with Crippen LogP contribution >= 0.6 is 0 Å². The molecule has 1 amide bonds. The van der Waals surface area contributed by atoms with Gasteiger partial charge in [-0.25, -0.2) is 0 Å². The fourth-order valence-electron chi connectivity index (χ4n) is 12.1. The van der Waals surface area contributed by atoms with Crippen molar-refractivity contribution in [3.8, 4) is 0 Å². The average molecular weight is 1230 g/mol. The van der Waals surface area contributed by atoms with Crippen LogP contribution in [-0.2, 0) is 33.2 Å². The molecule has 0 radical (unpaired) electrons. The SMILES string of the molecule is CCCCCCCCCC/C=C\CCCCCCCCCCCCCCCC(=O)NC(COC1OC(CO)C(OC2OC(CO)C(OC3OC(CO)C(O)C(O)C3O)C(O)C2O)C(O)C1O)C(O)CCCCCCCCCCCCCCCCCC. The minimum Gasteiger partial charge on any atom is -0.394 e. The van der Waals surface area contributed by atoms with Gasteiger partial charge < -0.3 is 89.9 Å². The summed E-state index contributed by atoms with van der Waals surface area (Å²) >= 11 is 0. The summed E-state index contributed by atoms with van der Waals surface area (Å²) in [5.41, 5.74) is 0. The predicted molar refractivity (Wildman–Crippen MR) is 333 cm³/mol. The highest BCUT2D eigenvalue weighted by Gasteiger charge is 2.53. The first-order valence-electron chi connectivity index (χ1n) is 34.9. The lowest BCUT2D eigenvalue weighted by atomic mass is 9.96. The number of ether oxygens (including phenoxy) is 6. The number of allylic oxidation sites excluding steroid dienone is 2. The normalized spacial score (nSPS) is 28.8. The Morgan fingerprint density at radius 2 is 0.733 bits per heavy atom. The van der Waals surface area contributed by atoms with E-state index < -0.39 is 124 Å². The van der Waals surface area contributed by atoms with Crippen molar-refractivity contribution < 1.29 is 89.4 Å². The zero-order valence-electron chi connectivity index (χ0n) is 53.6. The fourth-order valence-corrected chi connectivity index (χ4v) is 12.1. The molecule has 0 aromatic rings. The second-order valence-electron chi connectivity index (χ2n) is 25.3. The van der Waals surface area contributed by atoms with Crippen molar-refractivity contribution >= 4 is 5.91 Å². The molecule has 19 nitrogen and oxygen atoms in total. The van der Waals surface area contributed by atoms with Gasteiger partial charge in [0, 0.05) is 6.42 Å². The van der Waals surface area contributed by atoms with Gasteiger partial charge in [0.05, 0.1) is 38.6 Å². The monoisotopic (exact) mass is 1230 g/mol. The number of nitrogens with one attached hydrogen (secondary N) is 1. The molecule has 19 heteroatoms. The lowest BCUT2D eigenvalue weighted by molar-refractivity contribution is -0.379. The zero-order chi connectivity index (χ0) is 62.6. The molecular formula is C67H127NO18. The molecule has 12 N–H and O–H groups in total. The molecule has 3 rings (SSSR count). The van der Waals surface area contributed by atoms with E-state index >= 15 is 0 Å². The Morgan fingerprint density at radius 3 is 1.13 bits per heavy atom. The maximum Gasteiger partial charge on any atom is 0.220 e. The Kier molecular flexibility index (Phi) is 45.9. The number of unbranched alkanes of at least 4 members (excludes halogenated alkanes) is 36. The fraction of sp³-hybridized carbons (Fsp3) is 0.955. The molecule has 3 aliphatic rings. The number of amides is 1. The predicted octanol–water partition coefficient (Wildman–Crippen LogP) is 8.89. The van der Waals surface area contributed by atoms with Gasteiger partial charge in [0.25, 0.3) is 0 Å². The van der Waals surface area contributed by atoms with Gasteiger partial charge in [0.2, 0.25) is 5.91 Å². The van der Waals surface area contributed by atoms with Crippen LogP contribution in [0.25, 0.3) is 0 Å². The number of hydrogen-bond donors (Lipinski definition) is 12. The van der Waals surface area contributed by atoms with Gasteiger partial charge in [-0.05, 0) is 38.5 Å². The van der Waals surface area contributed by atoms with Crippen LogP contribution in [0.5, 0.6) is 0 Å². The maximum absolute atomic E-state index is 13.4. The van der Waals surface area contributed by atoms with Crippen molar-refractivity contribution in [1.82, 2.24) is 5.32 Å². The molecule has 17 unspecified atom stereocenters. The van der Waals surface area contributed by atoms with E-state index in [0.29, 0.717) is 12.8 Å². The molecule has 86 heavy (non-hydrogen) atoms. The maximum atomic E-state index is 13.4. The van der Waals surface area contributed by atoms with Gasteiger partial charge in [-0.1, -0.05) is 244 Å². The quantitative estimate of drug-likeness (QED) is 0.0200. The van der Waals surface area contributed by atoms with E-state index in [4.69, 9.17) is 28.4 Å². The highest BCUT2D eigenvalue weighted by atomic mass is 16.8. The van der Waals surface area contributed by atoms with Crippen LogP contribution in [0.4, 0.5) is 0 Å². The van der Waals surface area contributed by atoms with E-state index in [0.717, 1.165) is 44.9 Å². The van der Waals surface area contributed by atoms with E-state index in [-0.39, 0.29) is 18.9 Å². The molecular weight excluding hydrogens is 1110 g/mol. The molecule has 0 saturated carbocycles. The first-order valence-corrected chi connectivity index (χ1v) is 34.9. The van der Waals surface area contributed by atoms with E-state index in [1.54, 1.807) is 0 Å². The van der Waals surface area contributed by atoms with Gasteiger partial charge in [0.15, 0.2) is 18.9 Å². The van der Waals surface area contributed by atoms with Crippen molar-refractivity contribution in [1.29, 1.82) is 0 Å². The van der Waals surface area contributed by atoms with Crippen LogP contribution in [0, 0.1) is 0 Å². The van der Waals surface area contributed by atoms with Gasteiger partial charge in [0.1, 0.15) is 73.2 Å². The molecule has 3 heterocycles. The lowest BCUT2D eigenvalue weighted by Gasteiger charge is -2.48. The molecule has 3 aliphatic heterocycles. The molecule has 3 saturated heterocycles. The van der Waals surface area contributed by atoms with Crippen LogP contribution in [0.15, 0.2) is 12.2 Å². The summed E-state index contributed by atoms with van der Waals surface area (Å²) in [7, 11) is 0. The summed E-state index contributed by atoms with van der Waals surface area (Å²) in [6, 6.07) is -0.884. The summed E-state index contributed by atoms with van der Waals surface area (Å²) < 4.78 is 34.4. The Bertz CT molecular complexity index is 1620. The van der Waals surface area contributed by atoms with Crippen LogP contribution < -0.4 is 5.32 Å². The molecule has 17 atom stereocenters. The smallest absolute Gasteiger partial charge is 0.220 e. The van der Waals surface area contributed by atoms with Crippen LogP contribution in [-0.4, -0.2) is 193 Å². The van der Waals surface area contributed by atoms with Crippen LogP contribution in [0.2, 0.25) is 0 Å². The molecule has 3 fully saturated rings. The molecule has 508 valence electrons. The summed E-state index contributed by atoms with van der Waals surface area (Å²) in [6.45, 7) is 1.83. The summed E-state index contributed by atoms with van der Waals surface area (Å²) in [4.78, 5) is 13.4. The van der Waals surface area contributed by atoms with Crippen molar-refractivity contribution in [2.75, 3.05) is 26.4 Å². The lowest BCUT2D eigenvalue weighted by Crippen LogP contribution is -2.66. The first kappa shape index (κ1) is 78.8. The van der Waals surface area contributed by atoms with Crippen LogP contribution in [0.3, 0.4) is 0 Å². The second-order valence-corrected chi connectivity index (χ2v) is 25.3. The number of aliphatic hydroxyl groups excluding tert-OH is 11. The molecule has 0 bridgehead atoms. The third-order valence-electron chi connectivity index (χ3n) is 17.8. The third-order valence-corrected chi connectivity index (χ3v) is 17.8. The Labute approximate surface area is 518 Å². The molecule has 0 aromatic heterocycles. The number of aliphatic hydroxyl groups is 11. The van der Waals surface area contributed by atoms with Crippen molar-refractivity contribution in [3.05, 3.63) is 12.2 Å². The highest BCUT2D eigenvalue weighted by Crippen LogP contribution is 2.33. The summed E-state index contributed by atoms with van der Waals surface area (Å²) in [5, 5.41) is 121. The topological polar surface area (TPSA) is 307 Å². The van der Waals surface area contributed by atoms with Crippen molar-refractivity contribution in [2.24, 2.45) is 0 Å². The van der Waals surface area contributed by atoms with Gasteiger partial charge in [-0.3, -0.25) is 4.79 Å². The second kappa shape index (κ2) is 50.1. The molecule has 0 aliphatic carbocycles. The number of rotatable bonds is 54. The molecule has 0 aromatic carbocycles. The summed E-state index contributed by atoms with van der Waals surface area (Å²) in [5.74, 6) is -0.239. The Hall–Kier alpha value is -1.47. The zero-order valence-corrected chi connectivity index (χ0v) is 53.6. The minimum atomic E-state index is -1.97. The van der Waals surface area contributed by atoms with Crippen molar-refractivity contribution in [3.63, 3.8) is 0 Å². The van der Waals surface area contributed by atoms with E-state index in [1.165, 1.54) is 199 Å². The average Bonchev–Trinajstić information content (AvgIpc) is 3.70. The number of hydrogen-bond acceptors (Lipinski definition) is 18. The van der Waals surface area contributed by atoms with Crippen molar-refractivity contribution in [2.45, 2.75) is 381 Å². The Balaban J connectivity index is 1.42. The van der Waals surface area contributed by atoms with Crippen LogP contribution in [0.1, 0.15) is 277 Å². The van der Waals surface area contributed by atoms with E-state index in [9.17, 15) is 61.0 Å². The van der Waals surface area contributed by atoms with E-state index in [2.05, 4.69) is 31.3 Å². The first-order chi connectivity index (χ1) is 41.8. The summed E-state index contributed by atoms with van der Waals surface area (Å²) in [6.07, 6.45) is 27.2. The highest BCUT2D eigenvalue weighted by molar-refractivity contribution is 5.76. The number of carbonyl (C=O) groups is 1. The van der Waals surface area contributed by atoms with E-state index in [1.807, 2.05) is 0 Å². The minimum absolute atomic E-state index is 0.239. The Morgan fingerprint density at radius 1 is 0.407 bits per heavy atom. The standard InChI is InChI=1S/C67H127NO18/c1-3-5-7-9-11-13-15-17-19-21-22-23-24-25-26-27-28-29-31-33-35-37-39-41-43-45-55(73)68-50(51(72)44-42-40-38-36-34-32-30-20-18-16-14-12-10-8-6-4-2)49-81-65-61(79)58(76)63(53(47-70)83-65)86-67-62(80)59(77)64(54(48-71)84-67)85-66-60(78)57(75)56(74)52(46-69)82-66/h21-22,50-54,56-67,69-72,74-80H,3-20,23-49H2,1-2H3,(H,68,73)/b22-21-.